The Morgan fingerprint density at radius 3 is 2.77 bits per heavy atom. The maximum Gasteiger partial charge on any atom is 0.174 e. The Hall–Kier alpha value is -0.380. The lowest BCUT2D eigenvalue weighted by Gasteiger charge is -2.27. The molecule has 0 bridgehead atoms. The number of aliphatic hydroxyl groups is 1. The van der Waals surface area contributed by atoms with Gasteiger partial charge < -0.3 is 14.6 Å². The summed E-state index contributed by atoms with van der Waals surface area (Å²) in [7, 11) is 0. The van der Waals surface area contributed by atoms with Crippen LogP contribution in [0.2, 0.25) is 0 Å². The van der Waals surface area contributed by atoms with Gasteiger partial charge in [0.05, 0.1) is 19.3 Å². The van der Waals surface area contributed by atoms with E-state index in [4.69, 9.17) is 9.47 Å². The molecule has 2 rings (SSSR count). The Balaban J connectivity index is 2.11. The van der Waals surface area contributed by atoms with Crippen LogP contribution in [0.3, 0.4) is 0 Å². The van der Waals surface area contributed by atoms with Crippen LogP contribution in [0.5, 0.6) is 0 Å². The van der Waals surface area contributed by atoms with E-state index in [1.54, 1.807) is 0 Å². The summed E-state index contributed by atoms with van der Waals surface area (Å²) in [5.41, 5.74) is 1.12. The lowest BCUT2D eigenvalue weighted by Crippen LogP contribution is -2.33. The smallest absolute Gasteiger partial charge is 0.174 e. The molecule has 2 fully saturated rings. The molecule has 0 aromatic carbocycles. The molecule has 1 atom stereocenters. The summed E-state index contributed by atoms with van der Waals surface area (Å²) in [6.45, 7) is 5.23. The van der Waals surface area contributed by atoms with Crippen LogP contribution in [0.25, 0.3) is 0 Å². The van der Waals surface area contributed by atoms with Crippen LogP contribution in [0.15, 0.2) is 12.2 Å². The van der Waals surface area contributed by atoms with E-state index in [2.05, 4.69) is 6.58 Å². The van der Waals surface area contributed by atoms with E-state index in [-0.39, 0.29) is 6.10 Å². The van der Waals surface area contributed by atoms with Crippen LogP contribution in [0.1, 0.15) is 25.7 Å². The second kappa shape index (κ2) is 3.40. The second-order valence-corrected chi connectivity index (χ2v) is 3.93. The van der Waals surface area contributed by atoms with Crippen molar-refractivity contribution in [1.82, 2.24) is 0 Å². The molecule has 3 nitrogen and oxygen atoms in total. The fraction of sp³-hybridized carbons (Fsp3) is 0.800. The van der Waals surface area contributed by atoms with E-state index >= 15 is 0 Å². The highest BCUT2D eigenvalue weighted by molar-refractivity contribution is 5.03. The fourth-order valence-corrected chi connectivity index (χ4v) is 2.09. The molecule has 0 aromatic rings. The van der Waals surface area contributed by atoms with Crippen LogP contribution in [0, 0.1) is 0 Å². The van der Waals surface area contributed by atoms with Gasteiger partial charge in [-0.25, -0.2) is 0 Å². The van der Waals surface area contributed by atoms with Crippen LogP contribution >= 0.6 is 0 Å². The molecule has 1 spiro atoms. The van der Waals surface area contributed by atoms with Crippen molar-refractivity contribution >= 4 is 0 Å². The van der Waals surface area contributed by atoms with Crippen molar-refractivity contribution in [3.63, 3.8) is 0 Å². The predicted molar refractivity (Wildman–Crippen MR) is 48.2 cm³/mol. The highest BCUT2D eigenvalue weighted by atomic mass is 16.7. The Morgan fingerprint density at radius 1 is 1.38 bits per heavy atom. The minimum Gasteiger partial charge on any atom is -0.393 e. The first-order valence-electron chi connectivity index (χ1n) is 4.83. The number of rotatable bonds is 0. The van der Waals surface area contributed by atoms with Gasteiger partial charge >= 0.3 is 0 Å². The molecule has 1 unspecified atom stereocenters. The molecule has 13 heavy (non-hydrogen) atoms. The molecular weight excluding hydrogens is 168 g/mol. The van der Waals surface area contributed by atoms with Gasteiger partial charge in [-0.2, -0.15) is 0 Å². The Morgan fingerprint density at radius 2 is 2.08 bits per heavy atom. The zero-order chi connectivity index (χ0) is 9.31. The normalized spacial score (nSPS) is 33.6. The average molecular weight is 184 g/mol. The van der Waals surface area contributed by atoms with Gasteiger partial charge in [0.1, 0.15) is 0 Å². The van der Waals surface area contributed by atoms with Gasteiger partial charge in [0.2, 0.25) is 0 Å². The van der Waals surface area contributed by atoms with E-state index in [0.29, 0.717) is 19.6 Å². The standard InChI is InChI=1S/C10H16O3/c1-8-2-3-9(11)7-10(6-8)12-4-5-13-10/h9,11H,1-7H2. The van der Waals surface area contributed by atoms with Gasteiger partial charge in [0.25, 0.3) is 0 Å². The maximum atomic E-state index is 9.63. The third-order valence-electron chi connectivity index (χ3n) is 2.71. The second-order valence-electron chi connectivity index (χ2n) is 3.93. The van der Waals surface area contributed by atoms with Crippen molar-refractivity contribution in [3.8, 4) is 0 Å². The molecule has 1 saturated heterocycles. The summed E-state index contributed by atoms with van der Waals surface area (Å²) in [6, 6.07) is 0. The first-order valence-corrected chi connectivity index (χ1v) is 4.83. The van der Waals surface area contributed by atoms with Crippen molar-refractivity contribution in [1.29, 1.82) is 0 Å². The molecule has 1 N–H and O–H groups in total. The van der Waals surface area contributed by atoms with Crippen molar-refractivity contribution in [2.45, 2.75) is 37.6 Å². The van der Waals surface area contributed by atoms with Gasteiger partial charge in [-0.15, -0.1) is 0 Å². The van der Waals surface area contributed by atoms with Crippen LogP contribution < -0.4 is 0 Å². The lowest BCUT2D eigenvalue weighted by atomic mass is 10.1. The number of hydrogen-bond donors (Lipinski definition) is 1. The van der Waals surface area contributed by atoms with Crippen LogP contribution in [-0.2, 0) is 9.47 Å². The zero-order valence-electron chi connectivity index (χ0n) is 7.79. The summed E-state index contributed by atoms with van der Waals surface area (Å²) < 4.78 is 11.1. The summed E-state index contributed by atoms with van der Waals surface area (Å²) in [5.74, 6) is -0.549. The predicted octanol–water partition coefficient (Wildman–Crippen LogP) is 1.22. The molecule has 1 aliphatic heterocycles. The van der Waals surface area contributed by atoms with E-state index in [9.17, 15) is 5.11 Å². The van der Waals surface area contributed by atoms with Crippen LogP contribution in [-0.4, -0.2) is 30.2 Å². The van der Waals surface area contributed by atoms with Gasteiger partial charge in [0.15, 0.2) is 5.79 Å². The minimum absolute atomic E-state index is 0.308. The Bertz CT molecular complexity index is 206. The van der Waals surface area contributed by atoms with E-state index in [0.717, 1.165) is 24.8 Å². The van der Waals surface area contributed by atoms with Crippen molar-refractivity contribution in [2.24, 2.45) is 0 Å². The zero-order valence-corrected chi connectivity index (χ0v) is 7.79. The molecule has 1 heterocycles. The summed E-state index contributed by atoms with van der Waals surface area (Å²) in [6.07, 6.45) is 2.69. The highest BCUT2D eigenvalue weighted by Crippen LogP contribution is 2.36. The van der Waals surface area contributed by atoms with E-state index in [1.807, 2.05) is 0 Å². The SMILES string of the molecule is C=C1CCC(O)CC2(C1)OCCO2. The molecule has 2 aliphatic rings. The van der Waals surface area contributed by atoms with Gasteiger partial charge in [-0.3, -0.25) is 0 Å². The molecule has 1 saturated carbocycles. The molecule has 0 radical (unpaired) electrons. The summed E-state index contributed by atoms with van der Waals surface area (Å²) in [5, 5.41) is 9.63. The van der Waals surface area contributed by atoms with Gasteiger partial charge in [-0.05, 0) is 12.8 Å². The summed E-state index contributed by atoms with van der Waals surface area (Å²) in [4.78, 5) is 0. The maximum absolute atomic E-state index is 9.63. The van der Waals surface area contributed by atoms with E-state index in [1.165, 1.54) is 0 Å². The number of hydrogen-bond acceptors (Lipinski definition) is 3. The Labute approximate surface area is 78.3 Å². The largest absolute Gasteiger partial charge is 0.393 e. The van der Waals surface area contributed by atoms with Gasteiger partial charge in [0, 0.05) is 12.8 Å². The first kappa shape index (κ1) is 9.19. The topological polar surface area (TPSA) is 38.7 Å². The van der Waals surface area contributed by atoms with Crippen molar-refractivity contribution in [2.75, 3.05) is 13.2 Å². The number of aliphatic hydroxyl groups excluding tert-OH is 1. The molecule has 0 aromatic heterocycles. The van der Waals surface area contributed by atoms with Gasteiger partial charge in [-0.1, -0.05) is 12.2 Å². The highest BCUT2D eigenvalue weighted by Gasteiger charge is 2.40. The lowest BCUT2D eigenvalue weighted by molar-refractivity contribution is -0.172. The third kappa shape index (κ3) is 1.93. The quantitative estimate of drug-likeness (QED) is 0.575. The minimum atomic E-state index is -0.549. The van der Waals surface area contributed by atoms with Crippen LogP contribution in [0.4, 0.5) is 0 Å². The summed E-state index contributed by atoms with van der Waals surface area (Å²) >= 11 is 0. The molecule has 3 heteroatoms. The fourth-order valence-electron chi connectivity index (χ4n) is 2.09. The Kier molecular flexibility index (Phi) is 2.41. The number of ether oxygens (including phenoxy) is 2. The average Bonchev–Trinajstić information content (AvgIpc) is 2.43. The molecular formula is C10H16O3. The molecule has 1 aliphatic carbocycles. The monoisotopic (exact) mass is 184 g/mol. The molecule has 0 amide bonds. The first-order chi connectivity index (χ1) is 6.20. The molecule has 74 valence electrons. The van der Waals surface area contributed by atoms with E-state index < -0.39 is 5.79 Å². The van der Waals surface area contributed by atoms with Crippen molar-refractivity contribution in [3.05, 3.63) is 12.2 Å². The third-order valence-corrected chi connectivity index (χ3v) is 2.71. The van der Waals surface area contributed by atoms with Crippen molar-refractivity contribution < 1.29 is 14.6 Å².